The average Bonchev–Trinajstić information content (AvgIpc) is 2.76. The number of nitrogens with one attached hydrogen (secondary N) is 1. The van der Waals surface area contributed by atoms with Crippen molar-refractivity contribution in [3.05, 3.63) is 18.2 Å². The monoisotopic (exact) mass is 342 g/mol. The molecule has 0 aliphatic heterocycles. The van der Waals surface area contributed by atoms with E-state index in [0.29, 0.717) is 17.1 Å². The van der Waals surface area contributed by atoms with Gasteiger partial charge in [0.15, 0.2) is 0 Å². The van der Waals surface area contributed by atoms with Crippen LogP contribution in [0.5, 0.6) is 5.75 Å². The van der Waals surface area contributed by atoms with Crippen LogP contribution >= 0.6 is 12.4 Å². The molecule has 1 fully saturated rings. The minimum atomic E-state index is -0.466. The van der Waals surface area contributed by atoms with Gasteiger partial charge in [0.25, 0.3) is 5.91 Å². The molecular formula is C17H27ClN2O3. The number of ether oxygens (including phenoxy) is 2. The van der Waals surface area contributed by atoms with Crippen molar-refractivity contribution in [2.75, 3.05) is 18.2 Å². The highest BCUT2D eigenvalue weighted by Crippen LogP contribution is 2.25. The Hall–Kier alpha value is -1.46. The van der Waals surface area contributed by atoms with E-state index >= 15 is 0 Å². The molecule has 23 heavy (non-hydrogen) atoms. The van der Waals surface area contributed by atoms with Crippen LogP contribution in [-0.2, 0) is 9.53 Å². The van der Waals surface area contributed by atoms with E-state index in [1.807, 2.05) is 0 Å². The molecular weight excluding hydrogens is 316 g/mol. The van der Waals surface area contributed by atoms with E-state index in [0.717, 1.165) is 12.8 Å². The number of amides is 1. The number of hydrogen-bond donors (Lipinski definition) is 2. The van der Waals surface area contributed by atoms with Gasteiger partial charge in [-0.3, -0.25) is 4.79 Å². The summed E-state index contributed by atoms with van der Waals surface area (Å²) in [5, 5.41) is 2.84. The van der Waals surface area contributed by atoms with Crippen LogP contribution in [0.4, 0.5) is 11.4 Å². The second-order valence-electron chi connectivity index (χ2n) is 5.84. The Kier molecular flexibility index (Phi) is 8.20. The standard InChI is InChI=1S/C17H26N2O3.ClH/c1-12(22-14-7-5-3-4-6-8-14)17(20)19-13-9-10-16(21-2)15(18)11-13;/h9-12,14H,3-8,18H2,1-2H3,(H,19,20);1H. The van der Waals surface area contributed by atoms with Crippen molar-refractivity contribution in [1.82, 2.24) is 0 Å². The van der Waals surface area contributed by atoms with Gasteiger partial charge in [0.2, 0.25) is 0 Å². The van der Waals surface area contributed by atoms with E-state index in [4.69, 9.17) is 15.2 Å². The molecule has 3 N–H and O–H groups in total. The highest BCUT2D eigenvalue weighted by atomic mass is 35.5. The second-order valence-corrected chi connectivity index (χ2v) is 5.84. The second kappa shape index (κ2) is 9.63. The molecule has 2 rings (SSSR count). The quantitative estimate of drug-likeness (QED) is 0.631. The Morgan fingerprint density at radius 1 is 1.26 bits per heavy atom. The van der Waals surface area contributed by atoms with Gasteiger partial charge in [0.05, 0.1) is 18.9 Å². The van der Waals surface area contributed by atoms with Gasteiger partial charge in [-0.15, -0.1) is 12.4 Å². The summed E-state index contributed by atoms with van der Waals surface area (Å²) in [5.74, 6) is 0.453. The van der Waals surface area contributed by atoms with Crippen LogP contribution in [0, 0.1) is 0 Å². The summed E-state index contributed by atoms with van der Waals surface area (Å²) in [4.78, 5) is 12.2. The van der Waals surface area contributed by atoms with Gasteiger partial charge in [-0.2, -0.15) is 0 Å². The zero-order valence-corrected chi connectivity index (χ0v) is 14.7. The summed E-state index contributed by atoms with van der Waals surface area (Å²) in [6.07, 6.45) is 6.75. The van der Waals surface area contributed by atoms with Gasteiger partial charge < -0.3 is 20.5 Å². The molecule has 5 nitrogen and oxygen atoms in total. The zero-order chi connectivity index (χ0) is 15.9. The van der Waals surface area contributed by atoms with Gasteiger partial charge in [0, 0.05) is 5.69 Å². The molecule has 1 unspecified atom stereocenters. The molecule has 0 heterocycles. The third kappa shape index (κ3) is 5.92. The number of rotatable bonds is 5. The zero-order valence-electron chi connectivity index (χ0n) is 13.8. The molecule has 1 atom stereocenters. The molecule has 0 aromatic heterocycles. The highest BCUT2D eigenvalue weighted by Gasteiger charge is 2.20. The fraction of sp³-hybridized carbons (Fsp3) is 0.588. The van der Waals surface area contributed by atoms with Crippen molar-refractivity contribution in [3.63, 3.8) is 0 Å². The molecule has 1 saturated carbocycles. The van der Waals surface area contributed by atoms with Crippen LogP contribution in [0.2, 0.25) is 0 Å². The molecule has 0 spiro atoms. The number of nitrogens with two attached hydrogens (primary N) is 1. The maximum absolute atomic E-state index is 12.2. The smallest absolute Gasteiger partial charge is 0.253 e. The van der Waals surface area contributed by atoms with Gasteiger partial charge in [0.1, 0.15) is 11.9 Å². The molecule has 6 heteroatoms. The van der Waals surface area contributed by atoms with E-state index < -0.39 is 6.10 Å². The van der Waals surface area contributed by atoms with Crippen molar-refractivity contribution in [3.8, 4) is 5.75 Å². The lowest BCUT2D eigenvalue weighted by Crippen LogP contribution is -2.31. The number of nitrogen functional groups attached to an aromatic ring is 1. The summed E-state index contributed by atoms with van der Waals surface area (Å²) < 4.78 is 11.0. The normalized spacial score (nSPS) is 16.8. The van der Waals surface area contributed by atoms with Gasteiger partial charge in [-0.05, 0) is 38.0 Å². The first kappa shape index (κ1) is 19.6. The number of hydrogen-bond acceptors (Lipinski definition) is 4. The van der Waals surface area contributed by atoms with Crippen LogP contribution in [-0.4, -0.2) is 25.2 Å². The molecule has 1 aliphatic carbocycles. The Morgan fingerprint density at radius 2 is 1.91 bits per heavy atom. The number of benzene rings is 1. The maximum atomic E-state index is 12.2. The van der Waals surface area contributed by atoms with E-state index in [1.165, 1.54) is 25.7 Å². The molecule has 1 aromatic carbocycles. The van der Waals surface area contributed by atoms with Crippen molar-refractivity contribution in [1.29, 1.82) is 0 Å². The highest BCUT2D eigenvalue weighted by molar-refractivity contribution is 5.94. The van der Waals surface area contributed by atoms with Gasteiger partial charge >= 0.3 is 0 Å². The molecule has 0 bridgehead atoms. The summed E-state index contributed by atoms with van der Waals surface area (Å²) in [5.41, 5.74) is 6.99. The van der Waals surface area contributed by atoms with E-state index in [-0.39, 0.29) is 24.4 Å². The third-order valence-corrected chi connectivity index (χ3v) is 4.07. The minimum absolute atomic E-state index is 0. The lowest BCUT2D eigenvalue weighted by Gasteiger charge is -2.20. The largest absolute Gasteiger partial charge is 0.495 e. The molecule has 0 saturated heterocycles. The summed E-state index contributed by atoms with van der Waals surface area (Å²) >= 11 is 0. The first-order chi connectivity index (χ1) is 10.6. The van der Waals surface area contributed by atoms with Crippen LogP contribution in [0.15, 0.2) is 18.2 Å². The summed E-state index contributed by atoms with van der Waals surface area (Å²) in [6, 6.07) is 5.20. The number of methoxy groups -OCH3 is 1. The molecule has 1 amide bonds. The Balaban J connectivity index is 0.00000264. The van der Waals surface area contributed by atoms with Crippen LogP contribution in [0.3, 0.4) is 0 Å². The van der Waals surface area contributed by atoms with Crippen molar-refractivity contribution < 1.29 is 14.3 Å². The Labute approximate surface area is 144 Å². The number of carbonyl (C=O) groups is 1. The molecule has 0 radical (unpaired) electrons. The van der Waals surface area contributed by atoms with E-state index in [1.54, 1.807) is 32.2 Å². The van der Waals surface area contributed by atoms with Crippen LogP contribution < -0.4 is 15.8 Å². The van der Waals surface area contributed by atoms with Gasteiger partial charge in [-0.25, -0.2) is 0 Å². The first-order valence-corrected chi connectivity index (χ1v) is 8.00. The van der Waals surface area contributed by atoms with Crippen LogP contribution in [0.25, 0.3) is 0 Å². The fourth-order valence-electron chi connectivity index (χ4n) is 2.78. The summed E-state index contributed by atoms with van der Waals surface area (Å²) in [6.45, 7) is 1.80. The maximum Gasteiger partial charge on any atom is 0.253 e. The SMILES string of the molecule is COc1ccc(NC(=O)C(C)OC2CCCCCC2)cc1N.Cl. The topological polar surface area (TPSA) is 73.6 Å². The Morgan fingerprint density at radius 3 is 2.48 bits per heavy atom. The molecule has 130 valence electrons. The predicted octanol–water partition coefficient (Wildman–Crippen LogP) is 3.77. The lowest BCUT2D eigenvalue weighted by atomic mass is 10.1. The summed E-state index contributed by atoms with van der Waals surface area (Å²) in [7, 11) is 1.56. The van der Waals surface area contributed by atoms with E-state index in [9.17, 15) is 4.79 Å². The molecule has 1 aromatic rings. The molecule has 1 aliphatic rings. The number of carbonyl (C=O) groups excluding carboxylic acids is 1. The lowest BCUT2D eigenvalue weighted by molar-refractivity contribution is -0.130. The number of anilines is 2. The Bertz CT molecular complexity index is 503. The minimum Gasteiger partial charge on any atom is -0.495 e. The predicted molar refractivity (Wildman–Crippen MR) is 95.3 cm³/mol. The first-order valence-electron chi connectivity index (χ1n) is 8.00. The average molecular weight is 343 g/mol. The van der Waals surface area contributed by atoms with Crippen molar-refractivity contribution in [2.45, 2.75) is 57.7 Å². The van der Waals surface area contributed by atoms with Crippen molar-refractivity contribution >= 4 is 29.7 Å². The third-order valence-electron chi connectivity index (χ3n) is 4.07. The van der Waals surface area contributed by atoms with Gasteiger partial charge in [-0.1, -0.05) is 25.7 Å². The van der Waals surface area contributed by atoms with Crippen molar-refractivity contribution in [2.24, 2.45) is 0 Å². The fourth-order valence-corrected chi connectivity index (χ4v) is 2.78. The van der Waals surface area contributed by atoms with E-state index in [2.05, 4.69) is 5.32 Å². The van der Waals surface area contributed by atoms with Crippen LogP contribution in [0.1, 0.15) is 45.4 Å². The number of halogens is 1.